The fraction of sp³-hybridized carbons (Fsp3) is 0.560. The van der Waals surface area contributed by atoms with E-state index in [-0.39, 0.29) is 6.10 Å². The summed E-state index contributed by atoms with van der Waals surface area (Å²) in [6.07, 6.45) is 5.78. The molecule has 2 aromatic rings. The molecule has 0 aliphatic carbocycles. The Morgan fingerprint density at radius 2 is 1.97 bits per heavy atom. The predicted octanol–water partition coefficient (Wildman–Crippen LogP) is 4.46. The first kappa shape index (κ1) is 21.1. The van der Waals surface area contributed by atoms with E-state index in [0.29, 0.717) is 0 Å². The fourth-order valence-electron chi connectivity index (χ4n) is 4.70. The van der Waals surface area contributed by atoms with E-state index in [1.807, 2.05) is 6.07 Å². The molecule has 5 heteroatoms. The molecular weight excluding hydrogens is 376 g/mol. The molecule has 30 heavy (non-hydrogen) atoms. The number of hydrogen-bond donors (Lipinski definition) is 0. The lowest BCUT2D eigenvalue weighted by atomic mass is 9.89. The summed E-state index contributed by atoms with van der Waals surface area (Å²) in [5.41, 5.74) is 8.15. The number of ether oxygens (including phenoxy) is 3. The molecule has 4 rings (SSSR count). The first-order valence-electron chi connectivity index (χ1n) is 11.2. The van der Waals surface area contributed by atoms with Gasteiger partial charge >= 0.3 is 0 Å². The molecular formula is C25H34N2O3. The van der Waals surface area contributed by atoms with Crippen molar-refractivity contribution >= 4 is 0 Å². The normalized spacial score (nSPS) is 18.6. The van der Waals surface area contributed by atoms with E-state index in [4.69, 9.17) is 19.2 Å². The van der Waals surface area contributed by atoms with Gasteiger partial charge in [0.1, 0.15) is 0 Å². The molecule has 1 unspecified atom stereocenters. The number of pyridine rings is 1. The molecule has 2 aliphatic rings. The SMILES string of the molecule is CCCCc1nc2c(c3c1CC(C)OC3)CN(Cc1ccc(OC)c(OC)c1)CC2. The quantitative estimate of drug-likeness (QED) is 0.674. The summed E-state index contributed by atoms with van der Waals surface area (Å²) < 4.78 is 16.9. The maximum absolute atomic E-state index is 6.06. The zero-order chi connectivity index (χ0) is 21.1. The van der Waals surface area contributed by atoms with Gasteiger partial charge in [-0.2, -0.15) is 0 Å². The van der Waals surface area contributed by atoms with Crippen LogP contribution in [0.4, 0.5) is 0 Å². The van der Waals surface area contributed by atoms with E-state index in [0.717, 1.165) is 57.0 Å². The van der Waals surface area contributed by atoms with Crippen LogP contribution in [0.2, 0.25) is 0 Å². The zero-order valence-electron chi connectivity index (χ0n) is 18.8. The van der Waals surface area contributed by atoms with Crippen molar-refractivity contribution in [2.24, 2.45) is 0 Å². The van der Waals surface area contributed by atoms with Crippen molar-refractivity contribution in [1.29, 1.82) is 0 Å². The first-order chi connectivity index (χ1) is 14.6. The number of methoxy groups -OCH3 is 2. The number of unbranched alkanes of at least 4 members (excludes halogenated alkanes) is 1. The maximum Gasteiger partial charge on any atom is 0.161 e. The molecule has 2 aliphatic heterocycles. The Morgan fingerprint density at radius 3 is 2.73 bits per heavy atom. The molecule has 1 aromatic carbocycles. The Balaban J connectivity index is 1.58. The third kappa shape index (κ3) is 4.33. The van der Waals surface area contributed by atoms with Crippen molar-refractivity contribution in [1.82, 2.24) is 9.88 Å². The number of aromatic nitrogens is 1. The summed E-state index contributed by atoms with van der Waals surface area (Å²) in [5.74, 6) is 1.56. The summed E-state index contributed by atoms with van der Waals surface area (Å²) in [5, 5.41) is 0. The van der Waals surface area contributed by atoms with Gasteiger partial charge < -0.3 is 14.2 Å². The van der Waals surface area contributed by atoms with Crippen LogP contribution in [0.5, 0.6) is 11.5 Å². The second-order valence-electron chi connectivity index (χ2n) is 8.52. The lowest BCUT2D eigenvalue weighted by Gasteiger charge is -2.34. The summed E-state index contributed by atoms with van der Waals surface area (Å²) in [7, 11) is 3.36. The van der Waals surface area contributed by atoms with Crippen LogP contribution >= 0.6 is 0 Å². The Hall–Kier alpha value is -2.11. The van der Waals surface area contributed by atoms with Gasteiger partial charge in [-0.05, 0) is 54.2 Å². The van der Waals surface area contributed by atoms with E-state index in [9.17, 15) is 0 Å². The van der Waals surface area contributed by atoms with Gasteiger partial charge in [0.25, 0.3) is 0 Å². The summed E-state index contributed by atoms with van der Waals surface area (Å²) in [6, 6.07) is 6.20. The number of aryl methyl sites for hydroxylation is 1. The van der Waals surface area contributed by atoms with Crippen LogP contribution in [0.3, 0.4) is 0 Å². The van der Waals surface area contributed by atoms with E-state index >= 15 is 0 Å². The molecule has 0 saturated heterocycles. The third-order valence-corrected chi connectivity index (χ3v) is 6.37. The van der Waals surface area contributed by atoms with Crippen molar-refractivity contribution in [2.75, 3.05) is 20.8 Å². The number of benzene rings is 1. The maximum atomic E-state index is 6.06. The minimum atomic E-state index is 0.282. The Morgan fingerprint density at radius 1 is 1.13 bits per heavy atom. The van der Waals surface area contributed by atoms with Gasteiger partial charge in [-0.1, -0.05) is 19.4 Å². The summed E-state index contributed by atoms with van der Waals surface area (Å²) in [6.45, 7) is 8.01. The second-order valence-corrected chi connectivity index (χ2v) is 8.52. The molecule has 0 spiro atoms. The van der Waals surface area contributed by atoms with E-state index < -0.39 is 0 Å². The molecule has 3 heterocycles. The van der Waals surface area contributed by atoms with Crippen LogP contribution in [0.25, 0.3) is 0 Å². The molecule has 0 fully saturated rings. The topological polar surface area (TPSA) is 43.8 Å². The monoisotopic (exact) mass is 410 g/mol. The van der Waals surface area contributed by atoms with Gasteiger partial charge in [0, 0.05) is 43.9 Å². The van der Waals surface area contributed by atoms with Crippen molar-refractivity contribution in [3.63, 3.8) is 0 Å². The van der Waals surface area contributed by atoms with Gasteiger partial charge in [-0.3, -0.25) is 9.88 Å². The highest BCUT2D eigenvalue weighted by atomic mass is 16.5. The molecule has 0 bridgehead atoms. The van der Waals surface area contributed by atoms with Crippen molar-refractivity contribution < 1.29 is 14.2 Å². The van der Waals surface area contributed by atoms with Crippen LogP contribution in [0.15, 0.2) is 18.2 Å². The van der Waals surface area contributed by atoms with Crippen LogP contribution in [-0.2, 0) is 43.7 Å². The van der Waals surface area contributed by atoms with Crippen molar-refractivity contribution in [2.45, 2.75) is 71.8 Å². The number of fused-ring (bicyclic) bond motifs is 3. The number of nitrogens with zero attached hydrogens (tertiary/aromatic N) is 2. The van der Waals surface area contributed by atoms with E-state index in [2.05, 4.69) is 30.9 Å². The highest BCUT2D eigenvalue weighted by molar-refractivity contribution is 5.44. The Labute approximate surface area is 180 Å². The van der Waals surface area contributed by atoms with Gasteiger partial charge in [0.2, 0.25) is 0 Å². The molecule has 0 saturated carbocycles. The summed E-state index contributed by atoms with van der Waals surface area (Å²) in [4.78, 5) is 7.68. The van der Waals surface area contributed by atoms with Gasteiger partial charge in [0.05, 0.1) is 26.9 Å². The molecule has 5 nitrogen and oxygen atoms in total. The van der Waals surface area contributed by atoms with Crippen LogP contribution in [0.1, 0.15) is 60.3 Å². The van der Waals surface area contributed by atoms with Crippen molar-refractivity contribution in [3.05, 3.63) is 51.8 Å². The molecule has 1 atom stereocenters. The largest absolute Gasteiger partial charge is 0.493 e. The fourth-order valence-corrected chi connectivity index (χ4v) is 4.70. The van der Waals surface area contributed by atoms with Gasteiger partial charge in [-0.15, -0.1) is 0 Å². The average molecular weight is 411 g/mol. The third-order valence-electron chi connectivity index (χ3n) is 6.37. The van der Waals surface area contributed by atoms with Crippen LogP contribution < -0.4 is 9.47 Å². The van der Waals surface area contributed by atoms with E-state index in [1.165, 1.54) is 46.5 Å². The van der Waals surface area contributed by atoms with Gasteiger partial charge in [0.15, 0.2) is 11.5 Å². The molecule has 162 valence electrons. The highest BCUT2D eigenvalue weighted by Gasteiger charge is 2.28. The standard InChI is InChI=1S/C25H34N2O3/c1-5-6-7-22-19-12-17(2)30-16-21(19)20-15-27(11-10-23(20)26-22)14-18-8-9-24(28-3)25(13-18)29-4/h8-9,13,17H,5-7,10-12,14-16H2,1-4H3. The minimum Gasteiger partial charge on any atom is -0.493 e. The average Bonchev–Trinajstić information content (AvgIpc) is 2.77. The smallest absolute Gasteiger partial charge is 0.161 e. The first-order valence-corrected chi connectivity index (χ1v) is 11.2. The number of hydrogen-bond acceptors (Lipinski definition) is 5. The lowest BCUT2D eigenvalue weighted by Crippen LogP contribution is -2.34. The highest BCUT2D eigenvalue weighted by Crippen LogP contribution is 2.33. The second kappa shape index (κ2) is 9.36. The molecule has 1 aromatic heterocycles. The Kier molecular flexibility index (Phi) is 6.59. The number of rotatable bonds is 7. The molecule has 0 amide bonds. The zero-order valence-corrected chi connectivity index (χ0v) is 18.8. The minimum absolute atomic E-state index is 0.282. The lowest BCUT2D eigenvalue weighted by molar-refractivity contribution is 0.0391. The Bertz CT molecular complexity index is 896. The van der Waals surface area contributed by atoms with Crippen LogP contribution in [0, 0.1) is 0 Å². The summed E-state index contributed by atoms with van der Waals surface area (Å²) >= 11 is 0. The van der Waals surface area contributed by atoms with Crippen molar-refractivity contribution in [3.8, 4) is 11.5 Å². The molecule has 0 radical (unpaired) electrons. The van der Waals surface area contributed by atoms with E-state index in [1.54, 1.807) is 14.2 Å². The predicted molar refractivity (Wildman–Crippen MR) is 118 cm³/mol. The molecule has 0 N–H and O–H groups in total. The van der Waals surface area contributed by atoms with Gasteiger partial charge in [-0.25, -0.2) is 0 Å². The van der Waals surface area contributed by atoms with Crippen LogP contribution in [-0.4, -0.2) is 36.8 Å².